The van der Waals surface area contributed by atoms with E-state index in [4.69, 9.17) is 19.9 Å². The van der Waals surface area contributed by atoms with Crippen LogP contribution >= 0.6 is 0 Å². The summed E-state index contributed by atoms with van der Waals surface area (Å²) in [5, 5.41) is 0. The summed E-state index contributed by atoms with van der Waals surface area (Å²) in [6, 6.07) is 60.6. The van der Waals surface area contributed by atoms with Gasteiger partial charge in [0.25, 0.3) is 0 Å². The molecular formula is C56H50N8. The quantitative estimate of drug-likeness (QED) is 0.121. The number of benzene rings is 5. The maximum atomic E-state index is 5.72. The van der Waals surface area contributed by atoms with Crippen LogP contribution < -0.4 is 19.6 Å². The fraction of sp³-hybridized carbons (Fsp3) is 0.107. The van der Waals surface area contributed by atoms with Crippen LogP contribution in [-0.2, 0) is 0 Å². The minimum Gasteiger partial charge on any atom is -0.295 e. The number of pyridine rings is 4. The number of para-hydroxylation sites is 5. The van der Waals surface area contributed by atoms with Gasteiger partial charge in [-0.15, -0.1) is 0 Å². The van der Waals surface area contributed by atoms with Crippen LogP contribution in [0.4, 0.5) is 68.9 Å². The van der Waals surface area contributed by atoms with Gasteiger partial charge >= 0.3 is 0 Å². The average molecular weight is 835 g/mol. The summed E-state index contributed by atoms with van der Waals surface area (Å²) in [5.74, 6) is 4.00. The molecule has 4 aromatic heterocycles. The first kappa shape index (κ1) is 41.3. The summed E-state index contributed by atoms with van der Waals surface area (Å²) in [5.41, 5.74) is 13.1. The number of nitrogens with zero attached hydrogens (tertiary/aromatic N) is 8. The smallest absolute Gasteiger partial charge is 0.144 e. The molecule has 0 aliphatic heterocycles. The summed E-state index contributed by atoms with van der Waals surface area (Å²) in [6.07, 6.45) is 5.64. The Kier molecular flexibility index (Phi) is 11.7. The third-order valence-corrected chi connectivity index (χ3v) is 11.6. The molecule has 8 nitrogen and oxygen atoms in total. The van der Waals surface area contributed by atoms with E-state index in [2.05, 4.69) is 207 Å². The largest absolute Gasteiger partial charge is 0.295 e. The van der Waals surface area contributed by atoms with Gasteiger partial charge in [-0.05, 0) is 143 Å². The summed E-state index contributed by atoms with van der Waals surface area (Å²) >= 11 is 0. The number of rotatable bonds is 12. The predicted molar refractivity (Wildman–Crippen MR) is 265 cm³/mol. The highest BCUT2D eigenvalue weighted by Gasteiger charge is 2.28. The van der Waals surface area contributed by atoms with Crippen LogP contribution in [-0.4, -0.2) is 19.9 Å². The van der Waals surface area contributed by atoms with Crippen LogP contribution in [0.5, 0.6) is 0 Å². The van der Waals surface area contributed by atoms with E-state index >= 15 is 0 Å². The molecule has 0 saturated heterocycles. The van der Waals surface area contributed by atoms with Crippen molar-refractivity contribution in [3.8, 4) is 0 Å². The first-order valence-electron chi connectivity index (χ1n) is 21.6. The van der Waals surface area contributed by atoms with Gasteiger partial charge in [0.1, 0.15) is 29.1 Å². The lowest BCUT2D eigenvalue weighted by Gasteiger charge is -2.33. The van der Waals surface area contributed by atoms with Gasteiger partial charge in [-0.3, -0.25) is 19.6 Å². The fourth-order valence-electron chi connectivity index (χ4n) is 8.45. The van der Waals surface area contributed by atoms with Crippen LogP contribution in [0, 0.1) is 41.5 Å². The molecule has 314 valence electrons. The Morgan fingerprint density at radius 3 is 1.14 bits per heavy atom. The van der Waals surface area contributed by atoms with E-state index in [0.717, 1.165) is 102 Å². The predicted octanol–water partition coefficient (Wildman–Crippen LogP) is 15.0. The topological polar surface area (TPSA) is 64.5 Å². The molecule has 9 rings (SSSR count). The van der Waals surface area contributed by atoms with E-state index in [-0.39, 0.29) is 0 Å². The molecule has 0 atom stereocenters. The molecule has 5 aromatic carbocycles. The molecule has 0 unspecified atom stereocenters. The van der Waals surface area contributed by atoms with Crippen LogP contribution in [0.3, 0.4) is 0 Å². The normalized spacial score (nSPS) is 11.0. The van der Waals surface area contributed by atoms with Gasteiger partial charge in [-0.25, -0.2) is 19.9 Å². The van der Waals surface area contributed by atoms with Crippen LogP contribution in [0.15, 0.2) is 195 Å². The number of aromatic nitrogens is 4. The SMILES string of the molecule is Cc1ccccc1N(c1ccccc1)c1nccc(N(c2ccccc2)c2nc(N(c3ccccc3)c3nccc(N(c4ccccc4)c4ncccc4C)c3C)c(C)cc2C)c1C. The molecule has 0 saturated carbocycles. The maximum absolute atomic E-state index is 5.72. The van der Waals surface area contributed by atoms with Gasteiger partial charge in [0.2, 0.25) is 0 Å². The highest BCUT2D eigenvalue weighted by Crippen LogP contribution is 2.47. The van der Waals surface area contributed by atoms with Crippen LogP contribution in [0.25, 0.3) is 0 Å². The van der Waals surface area contributed by atoms with Crippen molar-refractivity contribution in [2.45, 2.75) is 41.5 Å². The van der Waals surface area contributed by atoms with Crippen molar-refractivity contribution in [3.05, 3.63) is 228 Å². The lowest BCUT2D eigenvalue weighted by atomic mass is 10.1. The molecule has 0 fully saturated rings. The summed E-state index contributed by atoms with van der Waals surface area (Å²) in [7, 11) is 0. The molecule has 0 N–H and O–H groups in total. The van der Waals surface area contributed by atoms with Gasteiger partial charge < -0.3 is 0 Å². The highest BCUT2D eigenvalue weighted by atomic mass is 15.3. The van der Waals surface area contributed by atoms with E-state index in [1.165, 1.54) is 0 Å². The van der Waals surface area contributed by atoms with Gasteiger partial charge in [-0.2, -0.15) is 0 Å². The minimum absolute atomic E-state index is 0.758. The highest BCUT2D eigenvalue weighted by molar-refractivity contribution is 5.88. The lowest BCUT2D eigenvalue weighted by molar-refractivity contribution is 1.05. The van der Waals surface area contributed by atoms with Gasteiger partial charge in [0.05, 0.1) is 17.1 Å². The zero-order chi connectivity index (χ0) is 44.2. The molecule has 8 heteroatoms. The molecule has 0 aliphatic carbocycles. The number of hydrogen-bond acceptors (Lipinski definition) is 8. The van der Waals surface area contributed by atoms with Crippen molar-refractivity contribution in [1.29, 1.82) is 0 Å². The fourth-order valence-corrected chi connectivity index (χ4v) is 8.45. The first-order chi connectivity index (χ1) is 31.3. The zero-order valence-corrected chi connectivity index (χ0v) is 37.1. The van der Waals surface area contributed by atoms with E-state index in [9.17, 15) is 0 Å². The second-order valence-electron chi connectivity index (χ2n) is 15.9. The Morgan fingerprint density at radius 2 is 0.656 bits per heavy atom. The molecule has 0 radical (unpaired) electrons. The van der Waals surface area contributed by atoms with Crippen molar-refractivity contribution < 1.29 is 0 Å². The molecule has 9 aromatic rings. The molecule has 64 heavy (non-hydrogen) atoms. The minimum atomic E-state index is 0.758. The second-order valence-corrected chi connectivity index (χ2v) is 15.9. The summed E-state index contributed by atoms with van der Waals surface area (Å²) in [4.78, 5) is 29.8. The molecular weight excluding hydrogens is 785 g/mol. The lowest BCUT2D eigenvalue weighted by Crippen LogP contribution is -2.21. The molecule has 0 bridgehead atoms. The Hall–Kier alpha value is -8.10. The van der Waals surface area contributed by atoms with E-state index in [0.29, 0.717) is 0 Å². The Balaban J connectivity index is 1.25. The summed E-state index contributed by atoms with van der Waals surface area (Å²) < 4.78 is 0. The van der Waals surface area contributed by atoms with Gasteiger partial charge in [-0.1, -0.05) is 97.1 Å². The maximum Gasteiger partial charge on any atom is 0.144 e. The van der Waals surface area contributed by atoms with E-state index < -0.39 is 0 Å². The third kappa shape index (κ3) is 7.93. The van der Waals surface area contributed by atoms with Crippen molar-refractivity contribution in [2.24, 2.45) is 0 Å². The molecule has 0 amide bonds. The van der Waals surface area contributed by atoms with E-state index in [1.54, 1.807) is 0 Å². The first-order valence-corrected chi connectivity index (χ1v) is 21.6. The van der Waals surface area contributed by atoms with E-state index in [1.807, 2.05) is 48.9 Å². The molecule has 0 aliphatic rings. The zero-order valence-electron chi connectivity index (χ0n) is 37.1. The second kappa shape index (κ2) is 18.1. The Morgan fingerprint density at radius 1 is 0.281 bits per heavy atom. The monoisotopic (exact) mass is 834 g/mol. The third-order valence-electron chi connectivity index (χ3n) is 11.6. The molecule has 4 heterocycles. The van der Waals surface area contributed by atoms with Crippen LogP contribution in [0.1, 0.15) is 33.4 Å². The van der Waals surface area contributed by atoms with Crippen molar-refractivity contribution in [2.75, 3.05) is 19.6 Å². The van der Waals surface area contributed by atoms with Crippen molar-refractivity contribution >= 4 is 68.9 Å². The number of hydrogen-bond donors (Lipinski definition) is 0. The Bertz CT molecular complexity index is 2830. The van der Waals surface area contributed by atoms with Gasteiger partial charge in [0, 0.05) is 52.5 Å². The van der Waals surface area contributed by atoms with Crippen LogP contribution in [0.2, 0.25) is 0 Å². The number of aryl methyl sites for hydroxylation is 4. The summed E-state index contributed by atoms with van der Waals surface area (Å²) in [6.45, 7) is 12.8. The van der Waals surface area contributed by atoms with Crippen molar-refractivity contribution in [3.63, 3.8) is 0 Å². The average Bonchev–Trinajstić information content (AvgIpc) is 3.32. The van der Waals surface area contributed by atoms with Gasteiger partial charge in [0.15, 0.2) is 0 Å². The standard InChI is InChI=1S/C56H50N8/c1-39-22-19-20-32-49(39)61(45-24-11-7-12-25-45)55-43(5)51(34-36-58-55)63(47-28-15-9-16-29-47)53-41(3)38-42(4)54(60-53)64(48-30-17-10-18-31-48)56-44(6)50(33-37-59-56)62(46-26-13-8-14-27-46)52-40(2)23-21-35-57-52/h7-38H,1-6H3. The Labute approximate surface area is 376 Å². The number of anilines is 12. The molecule has 0 spiro atoms. The van der Waals surface area contributed by atoms with Crippen molar-refractivity contribution in [1.82, 2.24) is 19.9 Å².